The Hall–Kier alpha value is -3.82. The molecule has 4 saturated heterocycles. The van der Waals surface area contributed by atoms with E-state index >= 15 is 0 Å². The third kappa shape index (κ3) is 21.6. The molecule has 18 heteroatoms. The van der Waals surface area contributed by atoms with Crippen LogP contribution in [0.3, 0.4) is 0 Å². The number of hydrogen-bond donors (Lipinski definition) is 3. The van der Waals surface area contributed by atoms with Gasteiger partial charge in [0.1, 0.15) is 5.78 Å². The quantitative estimate of drug-likeness (QED) is 0.0647. The van der Waals surface area contributed by atoms with Gasteiger partial charge in [0.2, 0.25) is 0 Å². The Bertz CT molecular complexity index is 2770. The molecular weight excluding hydrogens is 1220 g/mol. The number of halogens is 1. The molecule has 16 nitrogen and oxygen atoms in total. The molecule has 0 bridgehead atoms. The van der Waals surface area contributed by atoms with E-state index in [1.54, 1.807) is 0 Å². The Labute approximate surface area is 566 Å². The average Bonchev–Trinajstić information content (AvgIpc) is 1.25. The van der Waals surface area contributed by atoms with Crippen molar-refractivity contribution >= 4 is 50.7 Å². The van der Waals surface area contributed by atoms with Gasteiger partial charge in [0.25, 0.3) is 5.97 Å². The van der Waals surface area contributed by atoms with Crippen LogP contribution >= 0.6 is 15.9 Å². The van der Waals surface area contributed by atoms with Crippen molar-refractivity contribution in [3.05, 3.63) is 151 Å². The number of ether oxygens (including phenoxy) is 8. The molecule has 0 radical (unpaired) electrons. The van der Waals surface area contributed by atoms with Gasteiger partial charge < -0.3 is 56.7 Å². The molecule has 4 aliphatic heterocycles. The number of ketones is 1. The number of benzene rings is 4. The molecule has 0 aromatic heterocycles. The van der Waals surface area contributed by atoms with E-state index in [1.165, 1.54) is 32.3 Å². The summed E-state index contributed by atoms with van der Waals surface area (Å²) in [6.07, 6.45) is 12.4. The number of azide groups is 1. The number of carboxylic acid groups (broad SMARTS) is 1. The topological polar surface area (TPSA) is 223 Å². The van der Waals surface area contributed by atoms with Gasteiger partial charge in [-0.05, 0) is 119 Å². The normalized spacial score (nSPS) is 23.6. The van der Waals surface area contributed by atoms with E-state index in [9.17, 15) is 9.90 Å². The van der Waals surface area contributed by atoms with Crippen molar-refractivity contribution in [2.45, 2.75) is 243 Å². The zero-order chi connectivity index (χ0) is 62.9. The van der Waals surface area contributed by atoms with Gasteiger partial charge in [-0.25, -0.2) is 0 Å². The molecule has 4 heterocycles. The van der Waals surface area contributed by atoms with Crippen molar-refractivity contribution in [2.24, 2.45) is 10.8 Å². The fourth-order valence-corrected chi connectivity index (χ4v) is 13.2. The second kappa shape index (κ2) is 35.6. The van der Waals surface area contributed by atoms with Crippen molar-refractivity contribution in [1.29, 1.82) is 0 Å². The van der Waals surface area contributed by atoms with Crippen LogP contribution in [0.2, 0.25) is 0 Å². The number of carbonyl (C=O) groups excluding carboxylic acids is 1. The Balaban J connectivity index is 0.000000390. The van der Waals surface area contributed by atoms with Crippen LogP contribution in [0.4, 0.5) is 0 Å². The van der Waals surface area contributed by atoms with E-state index in [4.69, 9.17) is 59.1 Å². The van der Waals surface area contributed by atoms with Gasteiger partial charge >= 0.3 is 23.1 Å². The standard InChI is InChI=1S/C17H23N3O2.C17H25NO2.C17H24O3.C9H11Br.C8H12O3.C2H4O2.2CH4.Mg.2H/c1-13(2)14-4-3-5-15(12-14)16(19-20-18)6-8-17(9-7-16)21-10-11-22-17;2*1-13(2)14-4-3-5-15(12-14)16(18)6-8-17(9-7-16)19-10-11-20-17;1-7(2)8-4-3-5-9(10)6-8;9-7-1-3-8(4-2-7)10-5-6-11-8;1-2(3)4;;;;;/h3-5,12-13H,6-11H2,1-2H3;3-5,12-13H,6-11,18H2,1-2H3;3-5,12-13,18H,6-11H2,1-2H3;3-7H,1-2H3;1-6H2;1H3,(H,3,4);2*1H4;;;/q;;;;;;;;+2;2*-1. The number of rotatable bonds is 8. The molecule has 4 N–H and O–H groups in total. The maximum atomic E-state index is 11.0. The zero-order valence-electron chi connectivity index (χ0n) is 56.0. The van der Waals surface area contributed by atoms with E-state index < -0.39 is 28.7 Å². The summed E-state index contributed by atoms with van der Waals surface area (Å²) >= 11 is 3.43. The van der Waals surface area contributed by atoms with Crippen LogP contribution < -0.4 is 5.73 Å². The molecule has 8 fully saturated rings. The first kappa shape index (κ1) is 78.6. The van der Waals surface area contributed by atoms with E-state index in [2.05, 4.69) is 166 Å². The van der Waals surface area contributed by atoms with Crippen LogP contribution in [0, 0.1) is 0 Å². The first-order valence-electron chi connectivity index (χ1n) is 31.9. The van der Waals surface area contributed by atoms with Gasteiger partial charge in [0, 0.05) is 86.1 Å². The number of hydrogen-bond acceptors (Lipinski definition) is 13. The number of aliphatic hydroxyl groups is 1. The predicted octanol–water partition coefficient (Wildman–Crippen LogP) is 16.9. The minimum atomic E-state index is -0.833. The second-order valence-corrected chi connectivity index (χ2v) is 26.9. The summed E-state index contributed by atoms with van der Waals surface area (Å²) in [5, 5.41) is 22.6. The van der Waals surface area contributed by atoms with Crippen LogP contribution in [0.25, 0.3) is 10.4 Å². The molecule has 498 valence electrons. The molecule has 4 spiro atoms. The summed E-state index contributed by atoms with van der Waals surface area (Å²) < 4.78 is 46.7. The predicted molar refractivity (Wildman–Crippen MR) is 363 cm³/mol. The Morgan fingerprint density at radius 2 is 0.811 bits per heavy atom. The van der Waals surface area contributed by atoms with E-state index in [0.717, 1.165) is 108 Å². The number of carbonyl (C=O) groups is 2. The smallest absolute Gasteiger partial charge is 1.00 e. The van der Waals surface area contributed by atoms with Gasteiger partial charge in [0.05, 0.1) is 64.0 Å². The molecule has 4 saturated carbocycles. The Morgan fingerprint density at radius 1 is 0.511 bits per heavy atom. The average molecular weight is 1330 g/mol. The molecule has 4 aromatic rings. The summed E-state index contributed by atoms with van der Waals surface area (Å²) in [5.74, 6) is 0.0510. The number of nitrogens with two attached hydrogens (primary N) is 1. The van der Waals surface area contributed by atoms with Crippen LogP contribution in [-0.2, 0) is 64.2 Å². The number of carboxylic acids is 1. The monoisotopic (exact) mass is 1320 g/mol. The van der Waals surface area contributed by atoms with Gasteiger partial charge in [0.15, 0.2) is 23.1 Å². The SMILES string of the molecule is C.C.CC(=O)O.CC(C)c1cccc(Br)c1.CC(C)c1cccc(C2(N)CCC3(CC2)OCCO3)c1.CC(C)c1cccc(C2(N=[N+]=[N-])CCC3(CC2)OCCO3)c1.CC(C)c1cccc(C2(O)CCC3(CC2)OCCO3)c1.O=C1CCC2(CC1)OCCO2.[H-].[H-].[Mg+2]. The van der Waals surface area contributed by atoms with Gasteiger partial charge in [-0.2, -0.15) is 0 Å². The molecule has 0 amide bonds. The van der Waals surface area contributed by atoms with Crippen LogP contribution in [0.5, 0.6) is 0 Å². The number of Topliss-reactive ketones (excluding diaryl/α,β-unsaturated/α-hetero) is 1. The van der Waals surface area contributed by atoms with Crippen molar-refractivity contribution in [1.82, 2.24) is 0 Å². The summed E-state index contributed by atoms with van der Waals surface area (Å²) in [5.41, 5.74) is 23.1. The molecule has 8 aliphatic rings. The molecule has 90 heavy (non-hydrogen) atoms. The summed E-state index contributed by atoms with van der Waals surface area (Å²) in [4.78, 5) is 23.0. The zero-order valence-corrected chi connectivity index (χ0v) is 57.0. The third-order valence-electron chi connectivity index (χ3n) is 18.5. The first-order chi connectivity index (χ1) is 41.4. The molecule has 12 rings (SSSR count). The van der Waals surface area contributed by atoms with Crippen LogP contribution in [0.15, 0.2) is 107 Å². The summed E-state index contributed by atoms with van der Waals surface area (Å²) in [6, 6.07) is 34.0. The maximum absolute atomic E-state index is 11.0. The largest absolute Gasteiger partial charge is 2.00 e. The first-order valence-corrected chi connectivity index (χ1v) is 32.7. The van der Waals surface area contributed by atoms with E-state index in [-0.39, 0.29) is 57.9 Å². The number of aliphatic carboxylic acids is 1. The Kier molecular flexibility index (Phi) is 31.1. The summed E-state index contributed by atoms with van der Waals surface area (Å²) in [6.45, 7) is 24.1. The molecule has 0 atom stereocenters. The number of nitrogens with zero attached hydrogens (tertiary/aromatic N) is 3. The molecule has 4 aromatic carbocycles. The third-order valence-corrected chi connectivity index (χ3v) is 19.0. The van der Waals surface area contributed by atoms with Gasteiger partial charge in [-0.1, -0.05) is 176 Å². The minimum absolute atomic E-state index is 0. The van der Waals surface area contributed by atoms with Crippen molar-refractivity contribution < 1.29 is 60.6 Å². The molecule has 4 aliphatic carbocycles. The van der Waals surface area contributed by atoms with Crippen LogP contribution in [-0.4, -0.2) is 121 Å². The van der Waals surface area contributed by atoms with Crippen LogP contribution in [0.1, 0.15) is 245 Å². The van der Waals surface area contributed by atoms with Crippen molar-refractivity contribution in [3.8, 4) is 0 Å². The molecular formula is C72H109BrMgN4O12. The second-order valence-electron chi connectivity index (χ2n) is 25.9. The summed E-state index contributed by atoms with van der Waals surface area (Å²) in [7, 11) is 0. The minimum Gasteiger partial charge on any atom is -1.00 e. The fraction of sp³-hybridized carbons (Fsp3) is 0.639. The van der Waals surface area contributed by atoms with E-state index in [0.29, 0.717) is 94.8 Å². The van der Waals surface area contributed by atoms with Crippen molar-refractivity contribution in [2.75, 3.05) is 52.9 Å². The van der Waals surface area contributed by atoms with Gasteiger partial charge in [-0.15, -0.1) is 0 Å². The maximum Gasteiger partial charge on any atom is 2.00 e. The molecule has 0 unspecified atom stereocenters. The Morgan fingerprint density at radius 3 is 1.17 bits per heavy atom. The van der Waals surface area contributed by atoms with E-state index in [1.807, 2.05) is 12.1 Å². The van der Waals surface area contributed by atoms with Gasteiger partial charge in [-0.3, -0.25) is 9.59 Å². The van der Waals surface area contributed by atoms with Crippen molar-refractivity contribution in [3.63, 3.8) is 0 Å². The fourth-order valence-electron chi connectivity index (χ4n) is 12.8.